The SMILES string of the molecule is Cc1cc(N2CCOCC2)nc(NCCNC(=O)c2ccc3noc(-c4ccccc4)c3c2)n1. The van der Waals surface area contributed by atoms with Crippen molar-refractivity contribution in [3.8, 4) is 11.3 Å². The van der Waals surface area contributed by atoms with Gasteiger partial charge in [-0.1, -0.05) is 35.5 Å². The Hall–Kier alpha value is -3.98. The quantitative estimate of drug-likeness (QED) is 0.407. The molecule has 0 aliphatic carbocycles. The molecule has 9 heteroatoms. The van der Waals surface area contributed by atoms with Crippen LogP contribution in [-0.2, 0) is 4.74 Å². The number of nitrogens with zero attached hydrogens (tertiary/aromatic N) is 4. The zero-order chi connectivity index (χ0) is 23.3. The molecule has 0 spiro atoms. The van der Waals surface area contributed by atoms with Gasteiger partial charge in [0.15, 0.2) is 5.76 Å². The van der Waals surface area contributed by atoms with E-state index in [-0.39, 0.29) is 5.91 Å². The van der Waals surface area contributed by atoms with E-state index in [1.165, 1.54) is 0 Å². The lowest BCUT2D eigenvalue weighted by Gasteiger charge is -2.28. The molecule has 2 N–H and O–H groups in total. The molecule has 1 fully saturated rings. The average molecular weight is 459 g/mol. The summed E-state index contributed by atoms with van der Waals surface area (Å²) in [6.07, 6.45) is 0. The van der Waals surface area contributed by atoms with E-state index in [2.05, 4.69) is 30.7 Å². The third-order valence-electron chi connectivity index (χ3n) is 5.64. The van der Waals surface area contributed by atoms with E-state index in [0.717, 1.165) is 35.6 Å². The van der Waals surface area contributed by atoms with Gasteiger partial charge in [-0.25, -0.2) is 4.98 Å². The molecule has 34 heavy (non-hydrogen) atoms. The third-order valence-corrected chi connectivity index (χ3v) is 5.64. The number of carbonyl (C=O) groups excluding carboxylic acids is 1. The summed E-state index contributed by atoms with van der Waals surface area (Å²) in [5.74, 6) is 1.93. The summed E-state index contributed by atoms with van der Waals surface area (Å²) < 4.78 is 10.9. The number of hydrogen-bond donors (Lipinski definition) is 2. The molecule has 1 saturated heterocycles. The topological polar surface area (TPSA) is 105 Å². The standard InChI is InChI=1S/C25H26N6O3/c1-17-15-22(31-11-13-33-14-12-31)29-25(28-17)27-10-9-26-24(32)19-7-8-21-20(16-19)23(34-30-21)18-5-3-2-4-6-18/h2-8,15-16H,9-14H2,1H3,(H,26,32)(H,27,28,29). The van der Waals surface area contributed by atoms with Gasteiger partial charge < -0.3 is 24.8 Å². The molecule has 0 unspecified atom stereocenters. The number of amides is 1. The van der Waals surface area contributed by atoms with Crippen LogP contribution in [0.4, 0.5) is 11.8 Å². The third kappa shape index (κ3) is 4.84. The maximum atomic E-state index is 12.7. The molecular formula is C25H26N6O3. The molecule has 0 radical (unpaired) electrons. The predicted molar refractivity (Wildman–Crippen MR) is 130 cm³/mol. The van der Waals surface area contributed by atoms with Crippen molar-refractivity contribution >= 4 is 28.6 Å². The van der Waals surface area contributed by atoms with Crippen molar-refractivity contribution in [1.29, 1.82) is 0 Å². The van der Waals surface area contributed by atoms with Crippen LogP contribution in [0, 0.1) is 6.92 Å². The number of rotatable bonds is 7. The first-order valence-electron chi connectivity index (χ1n) is 11.3. The number of benzene rings is 2. The van der Waals surface area contributed by atoms with E-state index in [4.69, 9.17) is 9.26 Å². The minimum atomic E-state index is -0.164. The number of carbonyl (C=O) groups is 1. The lowest BCUT2D eigenvalue weighted by molar-refractivity contribution is 0.0955. The Bertz CT molecular complexity index is 1280. The predicted octanol–water partition coefficient (Wildman–Crippen LogP) is 3.27. The van der Waals surface area contributed by atoms with Gasteiger partial charge in [0.2, 0.25) is 5.95 Å². The Morgan fingerprint density at radius 3 is 2.68 bits per heavy atom. The molecule has 1 aliphatic rings. The van der Waals surface area contributed by atoms with Crippen LogP contribution < -0.4 is 15.5 Å². The summed E-state index contributed by atoms with van der Waals surface area (Å²) in [5, 5.41) is 11.1. The summed E-state index contributed by atoms with van der Waals surface area (Å²) in [5.41, 5.74) is 3.07. The minimum absolute atomic E-state index is 0.164. The van der Waals surface area contributed by atoms with Gasteiger partial charge >= 0.3 is 0 Å². The Morgan fingerprint density at radius 2 is 1.85 bits per heavy atom. The molecule has 174 valence electrons. The van der Waals surface area contributed by atoms with Crippen LogP contribution in [0.5, 0.6) is 0 Å². The summed E-state index contributed by atoms with van der Waals surface area (Å²) in [7, 11) is 0. The Kier molecular flexibility index (Phi) is 6.35. The number of ether oxygens (including phenoxy) is 1. The molecule has 2 aromatic heterocycles. The minimum Gasteiger partial charge on any atom is -0.378 e. The normalized spacial score (nSPS) is 13.7. The number of aromatic nitrogens is 3. The highest BCUT2D eigenvalue weighted by atomic mass is 16.5. The zero-order valence-corrected chi connectivity index (χ0v) is 19.0. The second-order valence-corrected chi connectivity index (χ2v) is 8.08. The lowest BCUT2D eigenvalue weighted by Crippen LogP contribution is -2.37. The van der Waals surface area contributed by atoms with Crippen molar-refractivity contribution in [1.82, 2.24) is 20.4 Å². The van der Waals surface area contributed by atoms with Crippen LogP contribution in [0.2, 0.25) is 0 Å². The van der Waals surface area contributed by atoms with Gasteiger partial charge in [0, 0.05) is 49.1 Å². The molecule has 9 nitrogen and oxygen atoms in total. The van der Waals surface area contributed by atoms with Crippen LogP contribution in [0.3, 0.4) is 0 Å². The molecule has 4 aromatic rings. The first-order valence-corrected chi connectivity index (χ1v) is 11.3. The average Bonchev–Trinajstić information content (AvgIpc) is 3.30. The molecule has 2 aromatic carbocycles. The first kappa shape index (κ1) is 21.8. The van der Waals surface area contributed by atoms with Gasteiger partial charge in [-0.05, 0) is 25.1 Å². The summed E-state index contributed by atoms with van der Waals surface area (Å²) >= 11 is 0. The van der Waals surface area contributed by atoms with Crippen molar-refractivity contribution in [2.75, 3.05) is 49.6 Å². The smallest absolute Gasteiger partial charge is 0.251 e. The van der Waals surface area contributed by atoms with Crippen LogP contribution in [-0.4, -0.2) is 60.4 Å². The van der Waals surface area contributed by atoms with Crippen molar-refractivity contribution in [3.05, 3.63) is 65.9 Å². The molecule has 5 rings (SSSR count). The molecule has 0 atom stereocenters. The van der Waals surface area contributed by atoms with Crippen LogP contribution in [0.1, 0.15) is 16.1 Å². The molecule has 0 bridgehead atoms. The number of hydrogen-bond acceptors (Lipinski definition) is 8. The number of morpholine rings is 1. The number of fused-ring (bicyclic) bond motifs is 1. The highest BCUT2D eigenvalue weighted by molar-refractivity contribution is 6.00. The van der Waals surface area contributed by atoms with Crippen molar-refractivity contribution < 1.29 is 14.1 Å². The molecule has 0 saturated carbocycles. The maximum absolute atomic E-state index is 12.7. The van der Waals surface area contributed by atoms with Gasteiger partial charge in [-0.2, -0.15) is 4.98 Å². The Labute approximate surface area is 197 Å². The molecular weight excluding hydrogens is 432 g/mol. The van der Waals surface area contributed by atoms with Crippen molar-refractivity contribution in [2.45, 2.75) is 6.92 Å². The van der Waals surface area contributed by atoms with Crippen LogP contribution in [0.25, 0.3) is 22.2 Å². The van der Waals surface area contributed by atoms with Crippen LogP contribution >= 0.6 is 0 Å². The second kappa shape index (κ2) is 9.88. The first-order chi connectivity index (χ1) is 16.7. The lowest BCUT2D eigenvalue weighted by atomic mass is 10.1. The van der Waals surface area contributed by atoms with Gasteiger partial charge in [-0.3, -0.25) is 4.79 Å². The van der Waals surface area contributed by atoms with E-state index in [1.807, 2.05) is 49.4 Å². The van der Waals surface area contributed by atoms with Gasteiger partial charge in [-0.15, -0.1) is 0 Å². The van der Waals surface area contributed by atoms with Crippen molar-refractivity contribution in [3.63, 3.8) is 0 Å². The van der Waals surface area contributed by atoms with Gasteiger partial charge in [0.25, 0.3) is 5.91 Å². The molecule has 1 aliphatic heterocycles. The van der Waals surface area contributed by atoms with Gasteiger partial charge in [0.1, 0.15) is 11.3 Å². The van der Waals surface area contributed by atoms with E-state index in [1.54, 1.807) is 12.1 Å². The van der Waals surface area contributed by atoms with Crippen molar-refractivity contribution in [2.24, 2.45) is 0 Å². The fraction of sp³-hybridized carbons (Fsp3) is 0.280. The maximum Gasteiger partial charge on any atom is 0.251 e. The fourth-order valence-corrected chi connectivity index (χ4v) is 3.92. The summed E-state index contributed by atoms with van der Waals surface area (Å²) in [6, 6.07) is 17.1. The molecule has 3 heterocycles. The monoisotopic (exact) mass is 458 g/mol. The largest absolute Gasteiger partial charge is 0.378 e. The number of aryl methyl sites for hydroxylation is 1. The van der Waals surface area contributed by atoms with E-state index in [9.17, 15) is 4.79 Å². The Morgan fingerprint density at radius 1 is 1.03 bits per heavy atom. The van der Waals surface area contributed by atoms with Gasteiger partial charge in [0.05, 0.1) is 18.6 Å². The zero-order valence-electron chi connectivity index (χ0n) is 19.0. The summed E-state index contributed by atoms with van der Waals surface area (Å²) in [6.45, 7) is 5.90. The van der Waals surface area contributed by atoms with E-state index in [0.29, 0.717) is 49.1 Å². The summed E-state index contributed by atoms with van der Waals surface area (Å²) in [4.78, 5) is 24.0. The highest BCUT2D eigenvalue weighted by Gasteiger charge is 2.15. The van der Waals surface area contributed by atoms with E-state index < -0.39 is 0 Å². The number of nitrogens with one attached hydrogen (secondary N) is 2. The van der Waals surface area contributed by atoms with Crippen LogP contribution in [0.15, 0.2) is 59.1 Å². The molecule has 1 amide bonds. The number of anilines is 2. The highest BCUT2D eigenvalue weighted by Crippen LogP contribution is 2.29. The van der Waals surface area contributed by atoms with E-state index >= 15 is 0 Å². The fourth-order valence-electron chi connectivity index (χ4n) is 3.92. The Balaban J connectivity index is 1.20. The second-order valence-electron chi connectivity index (χ2n) is 8.08.